The van der Waals surface area contributed by atoms with E-state index >= 15 is 0 Å². The van der Waals surface area contributed by atoms with Crippen molar-refractivity contribution in [3.8, 4) is 16.5 Å². The summed E-state index contributed by atoms with van der Waals surface area (Å²) in [6.45, 7) is 4.15. The van der Waals surface area contributed by atoms with Crippen LogP contribution < -0.4 is 10.1 Å². The van der Waals surface area contributed by atoms with Crippen molar-refractivity contribution < 1.29 is 18.7 Å². The van der Waals surface area contributed by atoms with E-state index < -0.39 is 0 Å². The first-order chi connectivity index (χ1) is 15.1. The molecule has 0 radical (unpaired) electrons. The van der Waals surface area contributed by atoms with Crippen molar-refractivity contribution in [2.24, 2.45) is 0 Å². The Labute approximate surface area is 184 Å². The minimum Gasteiger partial charge on any atom is -0.497 e. The van der Waals surface area contributed by atoms with E-state index in [0.717, 1.165) is 25.4 Å². The van der Waals surface area contributed by atoms with Crippen LogP contribution in [0.1, 0.15) is 20.0 Å². The zero-order valence-electron chi connectivity index (χ0n) is 17.2. The summed E-state index contributed by atoms with van der Waals surface area (Å²) in [6, 6.07) is 10.7. The lowest BCUT2D eigenvalue weighted by atomic mass is 10.2. The van der Waals surface area contributed by atoms with Crippen LogP contribution in [0.3, 0.4) is 0 Å². The minimum atomic E-state index is -0.103. The van der Waals surface area contributed by atoms with Gasteiger partial charge in [-0.05, 0) is 36.4 Å². The number of hydrogen-bond acceptors (Lipinski definition) is 7. The van der Waals surface area contributed by atoms with Gasteiger partial charge in [0.25, 0.3) is 11.8 Å². The van der Waals surface area contributed by atoms with Gasteiger partial charge in [-0.3, -0.25) is 14.5 Å². The molecule has 2 amide bonds. The summed E-state index contributed by atoms with van der Waals surface area (Å²) in [4.78, 5) is 34.0. The van der Waals surface area contributed by atoms with Gasteiger partial charge >= 0.3 is 0 Å². The van der Waals surface area contributed by atoms with Gasteiger partial charge in [-0.2, -0.15) is 0 Å². The zero-order chi connectivity index (χ0) is 21.6. The Morgan fingerprint density at radius 1 is 1.16 bits per heavy atom. The third-order valence-electron chi connectivity index (χ3n) is 5.17. The molecule has 1 aliphatic rings. The van der Waals surface area contributed by atoms with E-state index in [4.69, 9.17) is 9.15 Å². The number of thiazole rings is 1. The van der Waals surface area contributed by atoms with Crippen LogP contribution in [-0.4, -0.2) is 73.0 Å². The largest absolute Gasteiger partial charge is 0.497 e. The highest BCUT2D eigenvalue weighted by Gasteiger charge is 2.24. The van der Waals surface area contributed by atoms with Crippen LogP contribution in [-0.2, 0) is 0 Å². The van der Waals surface area contributed by atoms with E-state index in [9.17, 15) is 9.59 Å². The summed E-state index contributed by atoms with van der Waals surface area (Å²) < 4.78 is 10.5. The Morgan fingerprint density at radius 3 is 2.61 bits per heavy atom. The van der Waals surface area contributed by atoms with E-state index in [1.165, 1.54) is 11.3 Å². The smallest absolute Gasteiger partial charge is 0.265 e. The molecule has 1 aromatic carbocycles. The lowest BCUT2D eigenvalue weighted by Gasteiger charge is -2.34. The predicted octanol–water partition coefficient (Wildman–Crippen LogP) is 2.60. The van der Waals surface area contributed by atoms with E-state index in [1.54, 1.807) is 49.9 Å². The zero-order valence-corrected chi connectivity index (χ0v) is 18.1. The number of rotatable bonds is 7. The molecule has 31 heavy (non-hydrogen) atoms. The normalized spacial score (nSPS) is 14.4. The van der Waals surface area contributed by atoms with Gasteiger partial charge in [-0.15, -0.1) is 11.3 Å². The van der Waals surface area contributed by atoms with Crippen LogP contribution in [0.25, 0.3) is 10.8 Å². The number of hydrogen-bond donors (Lipinski definition) is 1. The second-order valence-corrected chi connectivity index (χ2v) is 8.16. The Hall–Kier alpha value is -3.17. The summed E-state index contributed by atoms with van der Waals surface area (Å²) >= 11 is 1.35. The van der Waals surface area contributed by atoms with Crippen molar-refractivity contribution in [2.45, 2.75) is 0 Å². The molecule has 1 saturated heterocycles. The van der Waals surface area contributed by atoms with Crippen LogP contribution in [0.5, 0.6) is 5.75 Å². The Kier molecular flexibility index (Phi) is 6.63. The standard InChI is InChI=1S/C22H24N4O4S/c1-29-17-6-4-16(5-7-17)20(27)23-8-9-25-10-12-26(13-11-25)22(28)19-15-24-21(31-19)18-3-2-14-30-18/h2-7,14-15H,8-13H2,1H3,(H,23,27). The molecule has 3 heterocycles. The number of aromatic nitrogens is 1. The minimum absolute atomic E-state index is 0.00256. The highest BCUT2D eigenvalue weighted by molar-refractivity contribution is 7.16. The Balaban J connectivity index is 1.20. The number of benzene rings is 1. The van der Waals surface area contributed by atoms with E-state index in [1.807, 2.05) is 11.0 Å². The summed E-state index contributed by atoms with van der Waals surface area (Å²) in [5.74, 6) is 1.29. The molecule has 0 spiro atoms. The molecule has 0 aliphatic carbocycles. The molecule has 8 nitrogen and oxygen atoms in total. The van der Waals surface area contributed by atoms with Gasteiger partial charge in [0.15, 0.2) is 10.8 Å². The molecular weight excluding hydrogens is 416 g/mol. The molecule has 2 aromatic heterocycles. The number of nitrogens with one attached hydrogen (secondary N) is 1. The summed E-state index contributed by atoms with van der Waals surface area (Å²) in [7, 11) is 1.60. The second-order valence-electron chi connectivity index (χ2n) is 7.13. The Bertz CT molecular complexity index is 1010. The van der Waals surface area contributed by atoms with Crippen molar-refractivity contribution in [3.05, 3.63) is 59.3 Å². The third kappa shape index (κ3) is 5.12. The van der Waals surface area contributed by atoms with Crippen LogP contribution in [0.2, 0.25) is 0 Å². The molecule has 0 unspecified atom stereocenters. The average Bonchev–Trinajstić information content (AvgIpc) is 3.51. The van der Waals surface area contributed by atoms with Crippen molar-refractivity contribution in [1.29, 1.82) is 0 Å². The number of nitrogens with zero attached hydrogens (tertiary/aromatic N) is 3. The number of methoxy groups -OCH3 is 1. The number of ether oxygens (including phenoxy) is 1. The SMILES string of the molecule is COc1ccc(C(=O)NCCN2CCN(C(=O)c3cnc(-c4ccco4)s3)CC2)cc1. The molecule has 162 valence electrons. The summed E-state index contributed by atoms with van der Waals surface area (Å²) in [5.41, 5.74) is 0.606. The lowest BCUT2D eigenvalue weighted by molar-refractivity contribution is 0.0642. The van der Waals surface area contributed by atoms with Gasteiger partial charge in [0.05, 0.1) is 19.6 Å². The van der Waals surface area contributed by atoms with Crippen LogP contribution in [0, 0.1) is 0 Å². The van der Waals surface area contributed by atoms with Crippen molar-refractivity contribution >= 4 is 23.2 Å². The van der Waals surface area contributed by atoms with Crippen LogP contribution in [0.4, 0.5) is 0 Å². The molecule has 1 aliphatic heterocycles. The first kappa shape index (κ1) is 21.1. The van der Waals surface area contributed by atoms with Gasteiger partial charge in [-0.25, -0.2) is 4.98 Å². The monoisotopic (exact) mass is 440 g/mol. The first-order valence-electron chi connectivity index (χ1n) is 10.1. The predicted molar refractivity (Wildman–Crippen MR) is 117 cm³/mol. The van der Waals surface area contributed by atoms with E-state index in [0.29, 0.717) is 40.8 Å². The summed E-state index contributed by atoms with van der Waals surface area (Å²) in [6.07, 6.45) is 3.21. The van der Waals surface area contributed by atoms with Gasteiger partial charge in [-0.1, -0.05) is 0 Å². The quantitative estimate of drug-likeness (QED) is 0.608. The average molecular weight is 441 g/mol. The maximum absolute atomic E-state index is 12.8. The number of piperazine rings is 1. The molecule has 1 fully saturated rings. The Morgan fingerprint density at radius 2 is 1.94 bits per heavy atom. The second kappa shape index (κ2) is 9.76. The summed E-state index contributed by atoms with van der Waals surface area (Å²) in [5, 5.41) is 3.65. The van der Waals surface area contributed by atoms with Gasteiger partial charge in [0.1, 0.15) is 10.6 Å². The molecule has 1 N–H and O–H groups in total. The van der Waals surface area contributed by atoms with Crippen molar-refractivity contribution in [2.75, 3.05) is 46.4 Å². The third-order valence-corrected chi connectivity index (χ3v) is 6.17. The highest BCUT2D eigenvalue weighted by atomic mass is 32.1. The molecule has 9 heteroatoms. The highest BCUT2D eigenvalue weighted by Crippen LogP contribution is 2.26. The number of furan rings is 1. The molecule has 0 saturated carbocycles. The fraction of sp³-hybridized carbons (Fsp3) is 0.318. The first-order valence-corrected chi connectivity index (χ1v) is 10.9. The number of carbonyl (C=O) groups is 2. The van der Waals surface area contributed by atoms with Crippen molar-refractivity contribution in [3.63, 3.8) is 0 Å². The number of amides is 2. The van der Waals surface area contributed by atoms with Crippen LogP contribution in [0.15, 0.2) is 53.3 Å². The van der Waals surface area contributed by atoms with Gasteiger partial charge < -0.3 is 19.4 Å². The fourth-order valence-electron chi connectivity index (χ4n) is 3.39. The lowest BCUT2D eigenvalue weighted by Crippen LogP contribution is -2.50. The van der Waals surface area contributed by atoms with Crippen LogP contribution >= 0.6 is 11.3 Å². The maximum Gasteiger partial charge on any atom is 0.265 e. The number of carbonyl (C=O) groups excluding carboxylic acids is 2. The van der Waals surface area contributed by atoms with E-state index in [-0.39, 0.29) is 11.8 Å². The molecular formula is C22H24N4O4S. The maximum atomic E-state index is 12.8. The molecule has 0 atom stereocenters. The fourth-order valence-corrected chi connectivity index (χ4v) is 4.24. The van der Waals surface area contributed by atoms with E-state index in [2.05, 4.69) is 15.2 Å². The molecule has 0 bridgehead atoms. The molecule has 3 aromatic rings. The molecule has 4 rings (SSSR count). The van der Waals surface area contributed by atoms with Gasteiger partial charge in [0, 0.05) is 44.8 Å². The topological polar surface area (TPSA) is 87.9 Å². The van der Waals surface area contributed by atoms with Crippen molar-refractivity contribution in [1.82, 2.24) is 20.1 Å². The van der Waals surface area contributed by atoms with Gasteiger partial charge in [0.2, 0.25) is 0 Å².